The lowest BCUT2D eigenvalue weighted by Crippen LogP contribution is -2.48. The minimum Gasteiger partial charge on any atom is -0.496 e. The van der Waals surface area contributed by atoms with Crippen molar-refractivity contribution in [1.29, 1.82) is 0 Å². The molecule has 1 saturated carbocycles. The van der Waals surface area contributed by atoms with E-state index in [0.29, 0.717) is 10.8 Å². The molecule has 0 unspecified atom stereocenters. The second kappa shape index (κ2) is 10.1. The molecule has 0 bridgehead atoms. The molecule has 32 heavy (non-hydrogen) atoms. The second-order valence-corrected chi connectivity index (χ2v) is 10.2. The number of carbonyl (C=O) groups excluding carboxylic acids is 2. The molecule has 168 valence electrons. The van der Waals surface area contributed by atoms with Crippen molar-refractivity contribution in [3.8, 4) is 5.75 Å². The molecule has 2 aliphatic rings. The number of fused-ring (bicyclic) bond motifs is 1. The van der Waals surface area contributed by atoms with Crippen LogP contribution in [0.1, 0.15) is 38.2 Å². The van der Waals surface area contributed by atoms with Crippen LogP contribution in [0.15, 0.2) is 56.7 Å². The Balaban J connectivity index is 1.58. The van der Waals surface area contributed by atoms with Gasteiger partial charge in [-0.05, 0) is 70.6 Å². The Hall–Kier alpha value is -2.25. The van der Waals surface area contributed by atoms with Crippen LogP contribution in [-0.4, -0.2) is 31.5 Å². The number of nitrogens with zero attached hydrogens (tertiary/aromatic N) is 1. The number of rotatable bonds is 5. The lowest BCUT2D eigenvalue weighted by Gasteiger charge is -2.32. The van der Waals surface area contributed by atoms with Crippen molar-refractivity contribution in [2.75, 3.05) is 18.6 Å². The summed E-state index contributed by atoms with van der Waals surface area (Å²) in [6.07, 6.45) is 6.36. The van der Waals surface area contributed by atoms with Gasteiger partial charge in [-0.2, -0.15) is 0 Å². The molecule has 0 spiro atoms. The average molecular weight is 515 g/mol. The standard InChI is InChI=1S/C25H27BrN2O3S/c1-16-7-3-4-8-19(16)27-24(29)15-28-20-9-5-6-10-22(20)32-23(25(28)30)14-17-11-12-21(31-2)18(26)13-17/h5-6,9-14,16,19H,3-4,7-8,15H2,1-2H3,(H,27,29)/b23-14-/t16-,19+/m0/s1. The molecule has 1 N–H and O–H groups in total. The summed E-state index contributed by atoms with van der Waals surface area (Å²) < 4.78 is 6.12. The van der Waals surface area contributed by atoms with Crippen LogP contribution in [0.25, 0.3) is 6.08 Å². The van der Waals surface area contributed by atoms with Gasteiger partial charge in [0.25, 0.3) is 5.91 Å². The highest BCUT2D eigenvalue weighted by molar-refractivity contribution is 9.10. The molecule has 1 aliphatic carbocycles. The number of hydrogen-bond donors (Lipinski definition) is 1. The molecule has 2 amide bonds. The Labute approximate surface area is 201 Å². The Morgan fingerprint density at radius 1 is 1.25 bits per heavy atom. The Bertz CT molecular complexity index is 1060. The first kappa shape index (κ1) is 22.9. The zero-order valence-electron chi connectivity index (χ0n) is 18.3. The normalized spacial score (nSPS) is 21.9. The third-order valence-corrected chi connectivity index (χ3v) is 7.76. The summed E-state index contributed by atoms with van der Waals surface area (Å²) in [7, 11) is 1.62. The number of halogens is 1. The SMILES string of the molecule is COc1ccc(/C=C2\Sc3ccccc3N(CC(=O)N[C@@H]3CCCC[C@@H]3C)C2=O)cc1Br. The molecule has 2 aromatic rings. The first-order chi connectivity index (χ1) is 15.5. The summed E-state index contributed by atoms with van der Waals surface area (Å²) in [5.41, 5.74) is 1.66. The van der Waals surface area contributed by atoms with E-state index in [2.05, 4.69) is 28.2 Å². The largest absolute Gasteiger partial charge is 0.496 e. The quantitative estimate of drug-likeness (QED) is 0.525. The number of hydrogen-bond acceptors (Lipinski definition) is 4. The molecule has 5 nitrogen and oxygen atoms in total. The number of ether oxygens (including phenoxy) is 1. The fraction of sp³-hybridized carbons (Fsp3) is 0.360. The van der Waals surface area contributed by atoms with Crippen LogP contribution < -0.4 is 15.0 Å². The van der Waals surface area contributed by atoms with Gasteiger partial charge in [-0.25, -0.2) is 0 Å². The van der Waals surface area contributed by atoms with E-state index in [1.165, 1.54) is 18.2 Å². The van der Waals surface area contributed by atoms with Crippen molar-refractivity contribution in [2.45, 2.75) is 43.5 Å². The van der Waals surface area contributed by atoms with E-state index in [9.17, 15) is 9.59 Å². The molecule has 7 heteroatoms. The lowest BCUT2D eigenvalue weighted by atomic mass is 9.86. The highest BCUT2D eigenvalue weighted by atomic mass is 79.9. The molecule has 1 aliphatic heterocycles. The minimum atomic E-state index is -0.160. The van der Waals surface area contributed by atoms with E-state index < -0.39 is 0 Å². The summed E-state index contributed by atoms with van der Waals surface area (Å²) in [6, 6.07) is 13.6. The van der Waals surface area contributed by atoms with Crippen LogP contribution in [0.2, 0.25) is 0 Å². The smallest absolute Gasteiger partial charge is 0.265 e. The van der Waals surface area contributed by atoms with Gasteiger partial charge in [-0.1, -0.05) is 49.7 Å². The van der Waals surface area contributed by atoms with Crippen molar-refractivity contribution in [3.63, 3.8) is 0 Å². The highest BCUT2D eigenvalue weighted by Gasteiger charge is 2.31. The molecule has 4 rings (SSSR count). The number of methoxy groups -OCH3 is 1. The summed E-state index contributed by atoms with van der Waals surface area (Å²) in [6.45, 7) is 2.21. The number of anilines is 1. The monoisotopic (exact) mass is 514 g/mol. The van der Waals surface area contributed by atoms with Crippen molar-refractivity contribution < 1.29 is 14.3 Å². The van der Waals surface area contributed by atoms with Gasteiger partial charge in [0.1, 0.15) is 12.3 Å². The van der Waals surface area contributed by atoms with Crippen molar-refractivity contribution in [1.82, 2.24) is 5.32 Å². The van der Waals surface area contributed by atoms with Crippen LogP contribution in [-0.2, 0) is 9.59 Å². The molecule has 0 saturated heterocycles. The molecular weight excluding hydrogens is 488 g/mol. The summed E-state index contributed by atoms with van der Waals surface area (Å²) in [5.74, 6) is 0.935. The zero-order valence-corrected chi connectivity index (χ0v) is 20.7. The lowest BCUT2D eigenvalue weighted by molar-refractivity contribution is -0.123. The first-order valence-electron chi connectivity index (χ1n) is 10.9. The van der Waals surface area contributed by atoms with Crippen molar-refractivity contribution in [2.24, 2.45) is 5.92 Å². The summed E-state index contributed by atoms with van der Waals surface area (Å²) in [5, 5.41) is 3.17. The van der Waals surface area contributed by atoms with Crippen LogP contribution in [0, 0.1) is 5.92 Å². The fourth-order valence-corrected chi connectivity index (χ4v) is 5.89. The molecule has 1 fully saturated rings. The molecule has 1 heterocycles. The summed E-state index contributed by atoms with van der Waals surface area (Å²) in [4.78, 5) is 29.5. The molecule has 0 aromatic heterocycles. The number of thioether (sulfide) groups is 1. The van der Waals surface area contributed by atoms with Crippen molar-refractivity contribution >= 4 is 51.3 Å². The van der Waals surface area contributed by atoms with Crippen molar-refractivity contribution in [3.05, 3.63) is 57.4 Å². The average Bonchev–Trinajstić information content (AvgIpc) is 2.78. The van der Waals surface area contributed by atoms with Gasteiger partial charge in [0.2, 0.25) is 5.91 Å². The van der Waals surface area contributed by atoms with Crippen LogP contribution in [0.3, 0.4) is 0 Å². The highest BCUT2D eigenvalue weighted by Crippen LogP contribution is 2.42. The zero-order chi connectivity index (χ0) is 22.7. The van der Waals surface area contributed by atoms with Gasteiger partial charge < -0.3 is 10.1 Å². The van der Waals surface area contributed by atoms with Crippen LogP contribution in [0.5, 0.6) is 5.75 Å². The topological polar surface area (TPSA) is 58.6 Å². The summed E-state index contributed by atoms with van der Waals surface area (Å²) >= 11 is 4.93. The van der Waals surface area contributed by atoms with Gasteiger partial charge in [0, 0.05) is 10.9 Å². The molecule has 2 aromatic carbocycles. The maximum absolute atomic E-state index is 13.4. The number of nitrogens with one attached hydrogen (secondary N) is 1. The van der Waals surface area contributed by atoms with E-state index in [0.717, 1.165) is 45.6 Å². The first-order valence-corrected chi connectivity index (χ1v) is 12.5. The molecule has 0 radical (unpaired) electrons. The fourth-order valence-electron chi connectivity index (χ4n) is 4.27. The minimum absolute atomic E-state index is 0.0171. The van der Waals surface area contributed by atoms with Gasteiger partial charge in [-0.3, -0.25) is 14.5 Å². The van der Waals surface area contributed by atoms with Gasteiger partial charge in [-0.15, -0.1) is 0 Å². The van der Waals surface area contributed by atoms with E-state index in [4.69, 9.17) is 4.74 Å². The van der Waals surface area contributed by atoms with E-state index in [1.54, 1.807) is 12.0 Å². The third-order valence-electron chi connectivity index (χ3n) is 6.07. The number of amides is 2. The Morgan fingerprint density at radius 3 is 2.78 bits per heavy atom. The second-order valence-electron chi connectivity index (χ2n) is 8.30. The predicted molar refractivity (Wildman–Crippen MR) is 133 cm³/mol. The Morgan fingerprint density at radius 2 is 2.03 bits per heavy atom. The van der Waals surface area contributed by atoms with E-state index in [1.807, 2.05) is 48.5 Å². The van der Waals surface area contributed by atoms with E-state index in [-0.39, 0.29) is 24.4 Å². The van der Waals surface area contributed by atoms with Crippen LogP contribution in [0.4, 0.5) is 5.69 Å². The number of benzene rings is 2. The van der Waals surface area contributed by atoms with Crippen LogP contribution >= 0.6 is 27.7 Å². The maximum atomic E-state index is 13.4. The van der Waals surface area contributed by atoms with Gasteiger partial charge in [0.05, 0.1) is 22.2 Å². The van der Waals surface area contributed by atoms with Gasteiger partial charge >= 0.3 is 0 Å². The maximum Gasteiger partial charge on any atom is 0.265 e. The van der Waals surface area contributed by atoms with Gasteiger partial charge in [0.15, 0.2) is 0 Å². The third kappa shape index (κ3) is 5.04. The Kier molecular flexibility index (Phi) is 7.26. The molecular formula is C25H27BrN2O3S. The predicted octanol–water partition coefficient (Wildman–Crippen LogP) is 5.63. The van der Waals surface area contributed by atoms with E-state index >= 15 is 0 Å². The number of carbonyl (C=O) groups is 2. The number of para-hydroxylation sites is 1. The molecule has 2 atom stereocenters.